The van der Waals surface area contributed by atoms with Gasteiger partial charge in [-0.15, -0.1) is 11.8 Å². The number of carbonyl (C=O) groups excluding carboxylic acids is 1. The van der Waals surface area contributed by atoms with Crippen LogP contribution in [0.1, 0.15) is 24.9 Å². The molecule has 1 N–H and O–H groups in total. The van der Waals surface area contributed by atoms with Crippen molar-refractivity contribution in [3.05, 3.63) is 29.8 Å². The number of hydrogen-bond acceptors (Lipinski definition) is 3. The second-order valence-corrected chi connectivity index (χ2v) is 5.37. The maximum Gasteiger partial charge on any atom is 0.223 e. The third-order valence-corrected chi connectivity index (χ3v) is 3.65. The molecular formula is C14H22N2OS. The molecule has 0 aliphatic carbocycles. The van der Waals surface area contributed by atoms with E-state index in [-0.39, 0.29) is 11.9 Å². The molecule has 0 saturated heterocycles. The molecule has 100 valence electrons. The van der Waals surface area contributed by atoms with Crippen LogP contribution < -0.4 is 5.32 Å². The number of nitrogens with zero attached hydrogens (tertiary/aromatic N) is 1. The van der Waals surface area contributed by atoms with E-state index in [0.29, 0.717) is 13.0 Å². The Hall–Kier alpha value is -1.00. The van der Waals surface area contributed by atoms with Crippen LogP contribution in [0.5, 0.6) is 0 Å². The molecule has 0 radical (unpaired) electrons. The van der Waals surface area contributed by atoms with E-state index in [4.69, 9.17) is 0 Å². The first-order valence-electron chi connectivity index (χ1n) is 6.12. The fourth-order valence-electron chi connectivity index (χ4n) is 1.63. The molecule has 0 fully saturated rings. The number of nitrogens with one attached hydrogen (secondary N) is 1. The Morgan fingerprint density at radius 3 is 2.44 bits per heavy atom. The zero-order valence-electron chi connectivity index (χ0n) is 11.6. The van der Waals surface area contributed by atoms with E-state index in [1.807, 2.05) is 0 Å². The average Bonchev–Trinajstić information content (AvgIpc) is 2.38. The highest BCUT2D eigenvalue weighted by molar-refractivity contribution is 7.98. The SMILES string of the molecule is CSc1ccc(C(C)NCCC(=O)N(C)C)cc1. The van der Waals surface area contributed by atoms with Crippen molar-refractivity contribution in [2.45, 2.75) is 24.3 Å². The number of thioether (sulfide) groups is 1. The Morgan fingerprint density at radius 1 is 1.33 bits per heavy atom. The lowest BCUT2D eigenvalue weighted by Crippen LogP contribution is -2.28. The second-order valence-electron chi connectivity index (χ2n) is 4.49. The van der Waals surface area contributed by atoms with E-state index < -0.39 is 0 Å². The molecule has 1 amide bonds. The fraction of sp³-hybridized carbons (Fsp3) is 0.500. The molecule has 3 nitrogen and oxygen atoms in total. The zero-order chi connectivity index (χ0) is 13.5. The van der Waals surface area contributed by atoms with Crippen LogP contribution in [0.25, 0.3) is 0 Å². The van der Waals surface area contributed by atoms with Gasteiger partial charge >= 0.3 is 0 Å². The molecule has 0 aromatic heterocycles. The molecule has 1 aromatic rings. The van der Waals surface area contributed by atoms with Gasteiger partial charge in [0.1, 0.15) is 0 Å². The minimum Gasteiger partial charge on any atom is -0.349 e. The predicted molar refractivity (Wildman–Crippen MR) is 78.0 cm³/mol. The predicted octanol–water partition coefficient (Wildman–Crippen LogP) is 2.54. The van der Waals surface area contributed by atoms with Gasteiger partial charge in [0.2, 0.25) is 5.91 Å². The molecular weight excluding hydrogens is 244 g/mol. The lowest BCUT2D eigenvalue weighted by molar-refractivity contribution is -0.128. The van der Waals surface area contributed by atoms with Crippen molar-refractivity contribution in [1.82, 2.24) is 10.2 Å². The molecule has 1 aromatic carbocycles. The maximum atomic E-state index is 11.4. The highest BCUT2D eigenvalue weighted by atomic mass is 32.2. The fourth-order valence-corrected chi connectivity index (χ4v) is 2.04. The van der Waals surface area contributed by atoms with Crippen molar-refractivity contribution in [3.8, 4) is 0 Å². The van der Waals surface area contributed by atoms with Crippen LogP contribution in [0.2, 0.25) is 0 Å². The van der Waals surface area contributed by atoms with E-state index in [0.717, 1.165) is 0 Å². The Morgan fingerprint density at radius 2 is 1.94 bits per heavy atom. The van der Waals surface area contributed by atoms with E-state index in [1.54, 1.807) is 30.8 Å². The van der Waals surface area contributed by atoms with Gasteiger partial charge in [0.25, 0.3) is 0 Å². The van der Waals surface area contributed by atoms with Crippen molar-refractivity contribution >= 4 is 17.7 Å². The quantitative estimate of drug-likeness (QED) is 0.803. The molecule has 18 heavy (non-hydrogen) atoms. The number of rotatable bonds is 6. The molecule has 0 saturated carbocycles. The van der Waals surface area contributed by atoms with Gasteiger partial charge in [-0.2, -0.15) is 0 Å². The van der Waals surface area contributed by atoms with Crippen LogP contribution in [-0.4, -0.2) is 37.7 Å². The minimum atomic E-state index is 0.160. The highest BCUT2D eigenvalue weighted by Crippen LogP contribution is 2.18. The third-order valence-electron chi connectivity index (χ3n) is 2.90. The first-order chi connectivity index (χ1) is 8.54. The van der Waals surface area contributed by atoms with Crippen LogP contribution in [0.4, 0.5) is 0 Å². The molecule has 0 bridgehead atoms. The van der Waals surface area contributed by atoms with Gasteiger partial charge < -0.3 is 10.2 Å². The Balaban J connectivity index is 2.40. The summed E-state index contributed by atoms with van der Waals surface area (Å²) < 4.78 is 0. The smallest absolute Gasteiger partial charge is 0.223 e. The Labute approximate surface area is 114 Å². The number of benzene rings is 1. The van der Waals surface area contributed by atoms with Crippen molar-refractivity contribution in [3.63, 3.8) is 0 Å². The van der Waals surface area contributed by atoms with E-state index >= 15 is 0 Å². The van der Waals surface area contributed by atoms with Gasteiger partial charge in [0.15, 0.2) is 0 Å². The van der Waals surface area contributed by atoms with Crippen molar-refractivity contribution in [2.75, 3.05) is 26.9 Å². The van der Waals surface area contributed by atoms with Gasteiger partial charge in [-0.25, -0.2) is 0 Å². The summed E-state index contributed by atoms with van der Waals surface area (Å²) >= 11 is 1.74. The van der Waals surface area contributed by atoms with Gasteiger partial charge in [0, 0.05) is 38.0 Å². The van der Waals surface area contributed by atoms with Gasteiger partial charge in [-0.1, -0.05) is 12.1 Å². The first-order valence-corrected chi connectivity index (χ1v) is 7.34. The van der Waals surface area contributed by atoms with Crippen LogP contribution in [0.3, 0.4) is 0 Å². The standard InChI is InChI=1S/C14H22N2OS/c1-11(15-10-9-14(17)16(2)3)12-5-7-13(18-4)8-6-12/h5-8,11,15H,9-10H2,1-4H3. The summed E-state index contributed by atoms with van der Waals surface area (Å²) in [6.07, 6.45) is 2.61. The van der Waals surface area contributed by atoms with Crippen LogP contribution in [-0.2, 0) is 4.79 Å². The summed E-state index contributed by atoms with van der Waals surface area (Å²) in [7, 11) is 3.57. The zero-order valence-corrected chi connectivity index (χ0v) is 12.4. The summed E-state index contributed by atoms with van der Waals surface area (Å²) in [5.41, 5.74) is 1.25. The number of carbonyl (C=O) groups is 1. The second kappa shape index (κ2) is 7.44. The lowest BCUT2D eigenvalue weighted by Gasteiger charge is -2.15. The van der Waals surface area contributed by atoms with Gasteiger partial charge in [0.05, 0.1) is 0 Å². The molecule has 0 aliphatic rings. The summed E-state index contributed by atoms with van der Waals surface area (Å²) in [5, 5.41) is 3.37. The highest BCUT2D eigenvalue weighted by Gasteiger charge is 2.07. The topological polar surface area (TPSA) is 32.3 Å². The maximum absolute atomic E-state index is 11.4. The summed E-state index contributed by atoms with van der Waals surface area (Å²) in [6.45, 7) is 2.83. The molecule has 0 heterocycles. The van der Waals surface area contributed by atoms with E-state index in [2.05, 4.69) is 42.8 Å². The summed E-state index contributed by atoms with van der Waals surface area (Å²) in [4.78, 5) is 14.3. The largest absolute Gasteiger partial charge is 0.349 e. The van der Waals surface area contributed by atoms with Gasteiger partial charge in [-0.3, -0.25) is 4.79 Å². The third kappa shape index (κ3) is 4.70. The van der Waals surface area contributed by atoms with Gasteiger partial charge in [-0.05, 0) is 30.9 Å². The molecule has 0 aliphatic heterocycles. The molecule has 4 heteroatoms. The van der Waals surface area contributed by atoms with Crippen LogP contribution >= 0.6 is 11.8 Å². The molecule has 1 unspecified atom stereocenters. The summed E-state index contributed by atoms with van der Waals surface area (Å²) in [5.74, 6) is 0.160. The van der Waals surface area contributed by atoms with E-state index in [1.165, 1.54) is 10.5 Å². The summed E-state index contributed by atoms with van der Waals surface area (Å²) in [6, 6.07) is 8.80. The molecule has 1 rings (SSSR count). The number of amides is 1. The number of hydrogen-bond donors (Lipinski definition) is 1. The van der Waals surface area contributed by atoms with E-state index in [9.17, 15) is 4.79 Å². The lowest BCUT2D eigenvalue weighted by atomic mass is 10.1. The Bertz CT molecular complexity index is 376. The van der Waals surface area contributed by atoms with Crippen molar-refractivity contribution in [1.29, 1.82) is 0 Å². The molecule has 1 atom stereocenters. The normalized spacial score (nSPS) is 12.2. The van der Waals surface area contributed by atoms with Crippen molar-refractivity contribution in [2.24, 2.45) is 0 Å². The van der Waals surface area contributed by atoms with Crippen LogP contribution in [0, 0.1) is 0 Å². The van der Waals surface area contributed by atoms with Crippen LogP contribution in [0.15, 0.2) is 29.2 Å². The Kier molecular flexibility index (Phi) is 6.22. The average molecular weight is 266 g/mol. The molecule has 0 spiro atoms. The van der Waals surface area contributed by atoms with Crippen molar-refractivity contribution < 1.29 is 4.79 Å². The minimum absolute atomic E-state index is 0.160. The monoisotopic (exact) mass is 266 g/mol. The first kappa shape index (κ1) is 15.1.